The molecule has 1 aromatic carbocycles. The van der Waals surface area contributed by atoms with E-state index in [2.05, 4.69) is 0 Å². The molecule has 0 aliphatic rings. The van der Waals surface area contributed by atoms with Crippen LogP contribution in [0.25, 0.3) is 0 Å². The van der Waals surface area contributed by atoms with E-state index in [0.717, 1.165) is 18.5 Å². The number of likely N-dealkylation sites (N-methyl/N-ethyl adjacent to an activating group) is 1. The first kappa shape index (κ1) is 8.21. The molecule has 0 saturated carbocycles. The van der Waals surface area contributed by atoms with Crippen LogP contribution in [0.2, 0.25) is 0 Å². The lowest BCUT2D eigenvalue weighted by atomic mass is 10.1. The van der Waals surface area contributed by atoms with Crippen molar-refractivity contribution in [2.24, 2.45) is 0 Å². The van der Waals surface area contributed by atoms with Crippen LogP contribution in [0.4, 0.5) is 4.39 Å². The maximum Gasteiger partial charge on any atom is 0.126 e. The lowest BCUT2D eigenvalue weighted by molar-refractivity contribution is -0.626. The molecule has 2 heteroatoms. The van der Waals surface area contributed by atoms with Gasteiger partial charge in [0.2, 0.25) is 0 Å². The van der Waals surface area contributed by atoms with E-state index in [1.165, 1.54) is 6.07 Å². The Morgan fingerprint density at radius 2 is 2.09 bits per heavy atom. The number of hydrogen-bond donors (Lipinski definition) is 1. The minimum Gasteiger partial charge on any atom is -0.348 e. The fourth-order valence-electron chi connectivity index (χ4n) is 1.00. The van der Waals surface area contributed by atoms with Crippen LogP contribution in [0.1, 0.15) is 5.56 Å². The smallest absolute Gasteiger partial charge is 0.126 e. The van der Waals surface area contributed by atoms with Gasteiger partial charge in [0, 0.05) is 6.42 Å². The summed E-state index contributed by atoms with van der Waals surface area (Å²) in [5, 5.41) is 2.05. The number of quaternary nitrogens is 1. The molecule has 0 unspecified atom stereocenters. The summed E-state index contributed by atoms with van der Waals surface area (Å²) in [6.07, 6.45) is 0.809. The minimum absolute atomic E-state index is 0.0886. The molecule has 1 aromatic rings. The average molecular weight is 154 g/mol. The molecule has 0 amide bonds. The van der Waals surface area contributed by atoms with E-state index in [4.69, 9.17) is 0 Å². The first-order chi connectivity index (χ1) is 5.34. The van der Waals surface area contributed by atoms with Crippen molar-refractivity contribution in [2.45, 2.75) is 6.42 Å². The molecule has 0 aromatic heterocycles. The van der Waals surface area contributed by atoms with Gasteiger partial charge in [-0.15, -0.1) is 0 Å². The van der Waals surface area contributed by atoms with E-state index in [1.807, 2.05) is 24.5 Å². The van der Waals surface area contributed by atoms with Crippen molar-refractivity contribution in [3.63, 3.8) is 0 Å². The highest BCUT2D eigenvalue weighted by molar-refractivity contribution is 5.17. The second-order valence-corrected chi connectivity index (χ2v) is 2.54. The van der Waals surface area contributed by atoms with Gasteiger partial charge in [0.25, 0.3) is 0 Å². The topological polar surface area (TPSA) is 16.6 Å². The van der Waals surface area contributed by atoms with Crippen LogP contribution in [0, 0.1) is 5.82 Å². The van der Waals surface area contributed by atoms with Crippen LogP contribution in [-0.2, 0) is 6.42 Å². The molecule has 2 N–H and O–H groups in total. The Bertz CT molecular complexity index is 223. The van der Waals surface area contributed by atoms with E-state index in [9.17, 15) is 4.39 Å². The maximum absolute atomic E-state index is 12.9. The fourth-order valence-corrected chi connectivity index (χ4v) is 1.00. The summed E-state index contributed by atoms with van der Waals surface area (Å²) in [6.45, 7) is 0.945. The van der Waals surface area contributed by atoms with Crippen LogP contribution < -0.4 is 5.32 Å². The van der Waals surface area contributed by atoms with E-state index in [-0.39, 0.29) is 5.82 Å². The molecule has 11 heavy (non-hydrogen) atoms. The number of hydrogen-bond acceptors (Lipinski definition) is 0. The molecule has 0 fully saturated rings. The van der Waals surface area contributed by atoms with Crippen LogP contribution in [0.5, 0.6) is 0 Å². The van der Waals surface area contributed by atoms with Crippen molar-refractivity contribution in [3.05, 3.63) is 35.6 Å². The molecule has 0 atom stereocenters. The van der Waals surface area contributed by atoms with Gasteiger partial charge in [-0.2, -0.15) is 0 Å². The average Bonchev–Trinajstić information content (AvgIpc) is 2.03. The zero-order valence-electron chi connectivity index (χ0n) is 6.68. The third kappa shape index (κ3) is 2.31. The van der Waals surface area contributed by atoms with Gasteiger partial charge in [-0.1, -0.05) is 18.2 Å². The van der Waals surface area contributed by atoms with Crippen molar-refractivity contribution in [1.82, 2.24) is 0 Å². The van der Waals surface area contributed by atoms with E-state index >= 15 is 0 Å². The van der Waals surface area contributed by atoms with Gasteiger partial charge in [-0.05, 0) is 11.6 Å². The number of rotatable bonds is 3. The molecule has 0 bridgehead atoms. The summed E-state index contributed by atoms with van der Waals surface area (Å²) in [7, 11) is 1.99. The first-order valence-electron chi connectivity index (χ1n) is 3.86. The lowest BCUT2D eigenvalue weighted by Crippen LogP contribution is -2.80. The van der Waals surface area contributed by atoms with Crippen LogP contribution in [0.15, 0.2) is 24.3 Å². The highest BCUT2D eigenvalue weighted by atomic mass is 19.1. The SMILES string of the molecule is C[NH2+]CCc1ccccc1F. The van der Waals surface area contributed by atoms with Gasteiger partial charge in [0.05, 0.1) is 13.6 Å². The number of benzene rings is 1. The molecule has 60 valence electrons. The van der Waals surface area contributed by atoms with Crippen molar-refractivity contribution >= 4 is 0 Å². The fraction of sp³-hybridized carbons (Fsp3) is 0.333. The second-order valence-electron chi connectivity index (χ2n) is 2.54. The van der Waals surface area contributed by atoms with Gasteiger partial charge in [0.15, 0.2) is 0 Å². The van der Waals surface area contributed by atoms with Gasteiger partial charge >= 0.3 is 0 Å². The summed E-state index contributed by atoms with van der Waals surface area (Å²) in [5.74, 6) is -0.0886. The first-order valence-corrected chi connectivity index (χ1v) is 3.86. The molecule has 0 aliphatic heterocycles. The Hall–Kier alpha value is -0.890. The van der Waals surface area contributed by atoms with Gasteiger partial charge < -0.3 is 5.32 Å². The van der Waals surface area contributed by atoms with Crippen molar-refractivity contribution in [2.75, 3.05) is 13.6 Å². The molecule has 1 rings (SSSR count). The van der Waals surface area contributed by atoms with Crippen molar-refractivity contribution in [3.8, 4) is 0 Å². The Kier molecular flexibility index (Phi) is 3.05. The summed E-state index contributed by atoms with van der Waals surface area (Å²) >= 11 is 0. The Morgan fingerprint density at radius 1 is 1.36 bits per heavy atom. The standard InChI is InChI=1S/C9H12FN/c1-11-7-6-8-4-2-3-5-9(8)10/h2-5,11H,6-7H2,1H3/p+1. The third-order valence-electron chi connectivity index (χ3n) is 1.66. The van der Waals surface area contributed by atoms with Crippen LogP contribution in [0.3, 0.4) is 0 Å². The normalized spacial score (nSPS) is 10.0. The van der Waals surface area contributed by atoms with E-state index < -0.39 is 0 Å². The predicted molar refractivity (Wildman–Crippen MR) is 42.8 cm³/mol. The highest BCUT2D eigenvalue weighted by Crippen LogP contribution is 2.05. The quantitative estimate of drug-likeness (QED) is 0.655. The minimum atomic E-state index is -0.0886. The largest absolute Gasteiger partial charge is 0.348 e. The summed E-state index contributed by atoms with van der Waals surface area (Å²) in [5.41, 5.74) is 0.811. The molecular formula is C9H13FN+. The predicted octanol–water partition coefficient (Wildman–Crippen LogP) is 0.561. The monoisotopic (exact) mass is 154 g/mol. The van der Waals surface area contributed by atoms with Crippen LogP contribution >= 0.6 is 0 Å². The van der Waals surface area contributed by atoms with Gasteiger partial charge in [0.1, 0.15) is 5.82 Å². The van der Waals surface area contributed by atoms with Crippen molar-refractivity contribution < 1.29 is 9.71 Å². The van der Waals surface area contributed by atoms with E-state index in [1.54, 1.807) is 6.07 Å². The Labute approximate surface area is 66.2 Å². The molecule has 0 aliphatic carbocycles. The third-order valence-corrected chi connectivity index (χ3v) is 1.66. The highest BCUT2D eigenvalue weighted by Gasteiger charge is 1.98. The number of nitrogens with two attached hydrogens (primary N) is 1. The zero-order chi connectivity index (χ0) is 8.10. The molecule has 0 radical (unpaired) electrons. The van der Waals surface area contributed by atoms with Gasteiger partial charge in [-0.3, -0.25) is 0 Å². The molecular weight excluding hydrogens is 141 g/mol. The van der Waals surface area contributed by atoms with E-state index in [0.29, 0.717) is 0 Å². The summed E-state index contributed by atoms with van der Waals surface area (Å²) in [4.78, 5) is 0. The maximum atomic E-state index is 12.9. The van der Waals surface area contributed by atoms with Crippen molar-refractivity contribution in [1.29, 1.82) is 0 Å². The van der Waals surface area contributed by atoms with Crippen LogP contribution in [-0.4, -0.2) is 13.6 Å². The second kappa shape index (κ2) is 4.09. The summed E-state index contributed by atoms with van der Waals surface area (Å²) < 4.78 is 12.9. The molecule has 0 saturated heterocycles. The Morgan fingerprint density at radius 3 is 2.73 bits per heavy atom. The lowest BCUT2D eigenvalue weighted by Gasteiger charge is -1.98. The molecule has 0 heterocycles. The zero-order valence-corrected chi connectivity index (χ0v) is 6.68. The van der Waals surface area contributed by atoms with Gasteiger partial charge in [-0.25, -0.2) is 4.39 Å². The number of halogens is 1. The molecule has 1 nitrogen and oxygen atoms in total. The summed E-state index contributed by atoms with van der Waals surface area (Å²) in [6, 6.07) is 6.92. The Balaban J connectivity index is 2.62. The molecule has 0 spiro atoms.